The van der Waals surface area contributed by atoms with Crippen molar-refractivity contribution in [2.75, 3.05) is 0 Å². The van der Waals surface area contributed by atoms with Crippen molar-refractivity contribution in [3.05, 3.63) is 0 Å². The maximum absolute atomic E-state index is 13.3. The summed E-state index contributed by atoms with van der Waals surface area (Å²) in [5, 5.41) is 0. The fourth-order valence-electron chi connectivity index (χ4n) is 3.67. The molecule has 0 heterocycles. The Morgan fingerprint density at radius 1 is 0.688 bits per heavy atom. The third kappa shape index (κ3) is 2.26. The highest BCUT2D eigenvalue weighted by Gasteiger charge is 2.54. The lowest BCUT2D eigenvalue weighted by Crippen LogP contribution is -2.50. The van der Waals surface area contributed by atoms with Crippen molar-refractivity contribution in [1.29, 1.82) is 0 Å². The highest BCUT2D eigenvalue weighted by Crippen LogP contribution is 2.61. The summed E-state index contributed by atoms with van der Waals surface area (Å²) in [6.07, 6.45) is 1.41. The molecule has 0 aromatic rings. The first-order chi connectivity index (χ1) is 6.91. The van der Waals surface area contributed by atoms with Crippen LogP contribution >= 0.6 is 0 Å². The number of alkyl halides is 2. The van der Waals surface area contributed by atoms with Crippen LogP contribution in [0.4, 0.5) is 8.78 Å². The summed E-state index contributed by atoms with van der Waals surface area (Å²) in [7, 11) is 0. The van der Waals surface area contributed by atoms with Crippen LogP contribution < -0.4 is 0 Å². The first-order valence-corrected chi connectivity index (χ1v) is 6.29. The zero-order valence-corrected chi connectivity index (χ0v) is 11.6. The summed E-state index contributed by atoms with van der Waals surface area (Å²) in [6.45, 7) is 13.2. The van der Waals surface area contributed by atoms with Gasteiger partial charge >= 0.3 is 0 Å². The summed E-state index contributed by atoms with van der Waals surface area (Å²) in [5.74, 6) is -2.43. The van der Waals surface area contributed by atoms with Gasteiger partial charge in [0.1, 0.15) is 0 Å². The molecule has 2 heteroatoms. The van der Waals surface area contributed by atoms with Gasteiger partial charge in [0.15, 0.2) is 0 Å². The molecule has 16 heavy (non-hydrogen) atoms. The standard InChI is InChI=1S/C14H26F2/c1-11(2,3)13(12(4,5)6)7-9-14(15,16)10-8-13/h7-10H2,1-6H3. The van der Waals surface area contributed by atoms with E-state index in [0.29, 0.717) is 12.8 Å². The molecule has 1 rings (SSSR count). The van der Waals surface area contributed by atoms with Crippen LogP contribution in [-0.4, -0.2) is 5.92 Å². The second-order valence-electron chi connectivity index (χ2n) is 7.44. The Balaban J connectivity index is 3.03. The van der Waals surface area contributed by atoms with E-state index in [1.54, 1.807) is 0 Å². The van der Waals surface area contributed by atoms with Gasteiger partial charge in [0.25, 0.3) is 0 Å². The average molecular weight is 232 g/mol. The van der Waals surface area contributed by atoms with Crippen molar-refractivity contribution in [3.8, 4) is 0 Å². The lowest BCUT2D eigenvalue weighted by molar-refractivity contribution is -0.136. The number of rotatable bonds is 0. The van der Waals surface area contributed by atoms with Crippen molar-refractivity contribution in [2.45, 2.75) is 73.1 Å². The van der Waals surface area contributed by atoms with E-state index in [2.05, 4.69) is 41.5 Å². The largest absolute Gasteiger partial charge is 0.248 e. The highest BCUT2D eigenvalue weighted by molar-refractivity contribution is 5.02. The van der Waals surface area contributed by atoms with Gasteiger partial charge in [-0.2, -0.15) is 0 Å². The van der Waals surface area contributed by atoms with E-state index in [1.165, 1.54) is 0 Å². The SMILES string of the molecule is CC(C)(C)C1(C(C)(C)C)CCC(F)(F)CC1. The lowest BCUT2D eigenvalue weighted by atomic mass is 9.48. The predicted octanol–water partition coefficient (Wildman–Crippen LogP) is 5.27. The average Bonchev–Trinajstić information content (AvgIpc) is 1.98. The molecule has 0 unspecified atom stereocenters. The first-order valence-electron chi connectivity index (χ1n) is 6.29. The molecule has 1 saturated carbocycles. The summed E-state index contributed by atoms with van der Waals surface area (Å²) in [4.78, 5) is 0. The van der Waals surface area contributed by atoms with Crippen LogP contribution in [0.25, 0.3) is 0 Å². The molecule has 0 saturated heterocycles. The van der Waals surface area contributed by atoms with Crippen LogP contribution in [0.3, 0.4) is 0 Å². The topological polar surface area (TPSA) is 0 Å². The van der Waals surface area contributed by atoms with Gasteiger partial charge in [0.05, 0.1) is 0 Å². The summed E-state index contributed by atoms with van der Waals surface area (Å²) in [6, 6.07) is 0. The van der Waals surface area contributed by atoms with E-state index in [-0.39, 0.29) is 29.1 Å². The fraction of sp³-hybridized carbons (Fsp3) is 1.00. The zero-order chi connectivity index (χ0) is 12.8. The quantitative estimate of drug-likeness (QED) is 0.533. The molecule has 0 amide bonds. The Hall–Kier alpha value is -0.140. The van der Waals surface area contributed by atoms with E-state index in [0.717, 1.165) is 0 Å². The van der Waals surface area contributed by atoms with Crippen LogP contribution in [-0.2, 0) is 0 Å². The first kappa shape index (κ1) is 13.9. The van der Waals surface area contributed by atoms with Crippen molar-refractivity contribution in [1.82, 2.24) is 0 Å². The Kier molecular flexibility index (Phi) is 3.20. The predicted molar refractivity (Wildman–Crippen MR) is 64.8 cm³/mol. The monoisotopic (exact) mass is 232 g/mol. The molecule has 0 spiro atoms. The molecule has 0 atom stereocenters. The molecule has 1 fully saturated rings. The second-order valence-corrected chi connectivity index (χ2v) is 7.44. The van der Waals surface area contributed by atoms with E-state index < -0.39 is 5.92 Å². The smallest absolute Gasteiger partial charge is 0.207 e. The molecule has 0 bridgehead atoms. The van der Waals surface area contributed by atoms with Gasteiger partial charge in [0, 0.05) is 12.8 Å². The number of halogens is 2. The molecule has 96 valence electrons. The fourth-order valence-corrected chi connectivity index (χ4v) is 3.67. The summed E-state index contributed by atoms with van der Waals surface area (Å²) in [5.41, 5.74) is 0.200. The van der Waals surface area contributed by atoms with Crippen molar-refractivity contribution < 1.29 is 8.78 Å². The van der Waals surface area contributed by atoms with Gasteiger partial charge in [-0.1, -0.05) is 41.5 Å². The van der Waals surface area contributed by atoms with Gasteiger partial charge in [-0.15, -0.1) is 0 Å². The van der Waals surface area contributed by atoms with Gasteiger partial charge in [0.2, 0.25) is 5.92 Å². The zero-order valence-electron chi connectivity index (χ0n) is 11.6. The maximum Gasteiger partial charge on any atom is 0.248 e. The van der Waals surface area contributed by atoms with Crippen LogP contribution in [0, 0.1) is 16.2 Å². The van der Waals surface area contributed by atoms with Crippen molar-refractivity contribution in [3.63, 3.8) is 0 Å². The highest BCUT2D eigenvalue weighted by atomic mass is 19.3. The van der Waals surface area contributed by atoms with Gasteiger partial charge in [-0.05, 0) is 29.1 Å². The Labute approximate surface area is 98.8 Å². The van der Waals surface area contributed by atoms with Crippen molar-refractivity contribution in [2.24, 2.45) is 16.2 Å². The Morgan fingerprint density at radius 3 is 1.25 bits per heavy atom. The van der Waals surface area contributed by atoms with Gasteiger partial charge < -0.3 is 0 Å². The minimum absolute atomic E-state index is 0.0294. The minimum atomic E-state index is -2.43. The van der Waals surface area contributed by atoms with Gasteiger partial charge in [-0.25, -0.2) is 8.78 Å². The van der Waals surface area contributed by atoms with Crippen molar-refractivity contribution >= 4 is 0 Å². The molecule has 0 aromatic heterocycles. The number of hydrogen-bond donors (Lipinski definition) is 0. The molecule has 0 aromatic carbocycles. The molecule has 0 N–H and O–H groups in total. The molecule has 0 aliphatic heterocycles. The van der Waals surface area contributed by atoms with Gasteiger partial charge in [-0.3, -0.25) is 0 Å². The third-order valence-electron chi connectivity index (χ3n) is 4.71. The lowest BCUT2D eigenvalue weighted by Gasteiger charge is -2.57. The Morgan fingerprint density at radius 2 is 1.00 bits per heavy atom. The maximum atomic E-state index is 13.3. The molecule has 1 aliphatic carbocycles. The van der Waals surface area contributed by atoms with Crippen LogP contribution in [0.15, 0.2) is 0 Å². The molecular formula is C14H26F2. The van der Waals surface area contributed by atoms with E-state index in [4.69, 9.17) is 0 Å². The van der Waals surface area contributed by atoms with Crippen LogP contribution in [0.5, 0.6) is 0 Å². The van der Waals surface area contributed by atoms with Crippen LogP contribution in [0.2, 0.25) is 0 Å². The molecular weight excluding hydrogens is 206 g/mol. The Bertz CT molecular complexity index is 227. The normalized spacial score (nSPS) is 25.5. The van der Waals surface area contributed by atoms with E-state index in [1.807, 2.05) is 0 Å². The number of hydrogen-bond acceptors (Lipinski definition) is 0. The van der Waals surface area contributed by atoms with E-state index >= 15 is 0 Å². The summed E-state index contributed by atoms with van der Waals surface area (Å²) >= 11 is 0. The van der Waals surface area contributed by atoms with E-state index in [9.17, 15) is 8.78 Å². The van der Waals surface area contributed by atoms with Crippen LogP contribution in [0.1, 0.15) is 67.2 Å². The second kappa shape index (κ2) is 3.68. The molecule has 0 nitrogen and oxygen atoms in total. The molecule has 1 aliphatic rings. The third-order valence-corrected chi connectivity index (χ3v) is 4.71. The molecule has 0 radical (unpaired) electrons. The minimum Gasteiger partial charge on any atom is -0.207 e. The summed E-state index contributed by atoms with van der Waals surface area (Å²) < 4.78 is 26.6.